The molecule has 15 heavy (non-hydrogen) atoms. The highest BCUT2D eigenvalue weighted by Gasteiger charge is 2.45. The van der Waals surface area contributed by atoms with Crippen molar-refractivity contribution in [3.8, 4) is 0 Å². The predicted molar refractivity (Wildman–Crippen MR) is 64.8 cm³/mol. The van der Waals surface area contributed by atoms with E-state index in [0.29, 0.717) is 11.5 Å². The van der Waals surface area contributed by atoms with Crippen molar-refractivity contribution >= 4 is 28.5 Å². The number of hydrogen-bond acceptors (Lipinski definition) is 3. The summed E-state index contributed by atoms with van der Waals surface area (Å²) in [6, 6.07) is 0. The van der Waals surface area contributed by atoms with Crippen molar-refractivity contribution < 1.29 is 14.1 Å². The van der Waals surface area contributed by atoms with Crippen molar-refractivity contribution in [3.05, 3.63) is 0 Å². The summed E-state index contributed by atoms with van der Waals surface area (Å²) in [5.74, 6) is 2.51. The maximum Gasteiger partial charge on any atom is 0.303 e. The highest BCUT2D eigenvalue weighted by Crippen LogP contribution is 2.49. The molecular weight excluding hydrogens is 232 g/mol. The van der Waals surface area contributed by atoms with Gasteiger partial charge in [0.05, 0.1) is 6.42 Å². The summed E-state index contributed by atoms with van der Waals surface area (Å²) >= 11 is 1.79. The molecule has 0 bridgehead atoms. The van der Waals surface area contributed by atoms with Crippen LogP contribution < -0.4 is 0 Å². The van der Waals surface area contributed by atoms with Gasteiger partial charge in [-0.1, -0.05) is 6.92 Å². The number of carboxylic acids is 1. The minimum Gasteiger partial charge on any atom is -0.481 e. The van der Waals surface area contributed by atoms with Gasteiger partial charge in [-0.25, -0.2) is 0 Å². The standard InChI is InChI=1S/C10H18O3S2/c1-2-14-5-6-15(13)8-10(3-4-10)7-9(11)12/h2-8H2,1H3,(H,11,12). The van der Waals surface area contributed by atoms with Crippen molar-refractivity contribution in [3.63, 3.8) is 0 Å². The van der Waals surface area contributed by atoms with E-state index >= 15 is 0 Å². The second kappa shape index (κ2) is 5.89. The molecule has 0 aliphatic heterocycles. The molecule has 0 radical (unpaired) electrons. The SMILES string of the molecule is CCSCCS(=O)CC1(CC(=O)O)CC1. The maximum atomic E-state index is 11.7. The average molecular weight is 250 g/mol. The Morgan fingerprint density at radius 3 is 2.67 bits per heavy atom. The van der Waals surface area contributed by atoms with Crippen molar-refractivity contribution in [1.82, 2.24) is 0 Å². The lowest BCUT2D eigenvalue weighted by molar-refractivity contribution is -0.138. The number of carboxylic acid groups (broad SMARTS) is 1. The Hall–Kier alpha value is -0.0300. The van der Waals surface area contributed by atoms with E-state index in [-0.39, 0.29) is 11.8 Å². The minimum atomic E-state index is -0.829. The summed E-state index contributed by atoms with van der Waals surface area (Å²) < 4.78 is 11.7. The molecule has 0 aromatic rings. The van der Waals surface area contributed by atoms with Crippen LogP contribution in [-0.2, 0) is 15.6 Å². The van der Waals surface area contributed by atoms with Crippen molar-refractivity contribution in [2.24, 2.45) is 5.41 Å². The van der Waals surface area contributed by atoms with Crippen LogP contribution in [0.25, 0.3) is 0 Å². The van der Waals surface area contributed by atoms with Gasteiger partial charge in [0.2, 0.25) is 0 Å². The number of rotatable bonds is 8. The molecule has 0 saturated heterocycles. The molecule has 0 aromatic heterocycles. The monoisotopic (exact) mass is 250 g/mol. The van der Waals surface area contributed by atoms with E-state index in [0.717, 1.165) is 24.3 Å². The zero-order valence-corrected chi connectivity index (χ0v) is 10.7. The molecule has 0 aromatic carbocycles. The predicted octanol–water partition coefficient (Wildman–Crippen LogP) is 1.74. The normalized spacial score (nSPS) is 19.8. The lowest BCUT2D eigenvalue weighted by atomic mass is 10.1. The first-order chi connectivity index (χ1) is 7.08. The molecule has 1 unspecified atom stereocenters. The summed E-state index contributed by atoms with van der Waals surface area (Å²) in [6.45, 7) is 2.08. The third-order valence-electron chi connectivity index (χ3n) is 2.61. The van der Waals surface area contributed by atoms with Crippen LogP contribution >= 0.6 is 11.8 Å². The topological polar surface area (TPSA) is 54.4 Å². The van der Waals surface area contributed by atoms with E-state index in [1.54, 1.807) is 11.8 Å². The van der Waals surface area contributed by atoms with Gasteiger partial charge in [-0.3, -0.25) is 9.00 Å². The fourth-order valence-electron chi connectivity index (χ4n) is 1.58. The fraction of sp³-hybridized carbons (Fsp3) is 0.900. The third-order valence-corrected chi connectivity index (χ3v) is 5.36. The minimum absolute atomic E-state index is 0.117. The molecule has 1 fully saturated rings. The van der Waals surface area contributed by atoms with E-state index in [4.69, 9.17) is 5.11 Å². The van der Waals surface area contributed by atoms with Crippen LogP contribution in [0.1, 0.15) is 26.2 Å². The first kappa shape index (κ1) is 13.0. The second-order valence-corrected chi connectivity index (χ2v) is 7.03. The molecule has 1 aliphatic carbocycles. The van der Waals surface area contributed by atoms with E-state index in [2.05, 4.69) is 6.92 Å². The van der Waals surface area contributed by atoms with Gasteiger partial charge in [-0.05, 0) is 24.0 Å². The first-order valence-electron chi connectivity index (χ1n) is 5.22. The van der Waals surface area contributed by atoms with Crippen LogP contribution in [0.4, 0.5) is 0 Å². The summed E-state index contributed by atoms with van der Waals surface area (Å²) in [4.78, 5) is 10.6. The molecule has 1 N–H and O–H groups in total. The van der Waals surface area contributed by atoms with Gasteiger partial charge in [0.1, 0.15) is 0 Å². The molecule has 0 amide bonds. The molecule has 1 aliphatic rings. The first-order valence-corrected chi connectivity index (χ1v) is 7.87. The summed E-state index contributed by atoms with van der Waals surface area (Å²) in [7, 11) is -0.829. The Bertz CT molecular complexity index is 249. The number of carbonyl (C=O) groups is 1. The quantitative estimate of drug-likeness (QED) is 0.667. The summed E-state index contributed by atoms with van der Waals surface area (Å²) in [5, 5.41) is 8.71. The van der Waals surface area contributed by atoms with Gasteiger partial charge in [0.25, 0.3) is 0 Å². The zero-order valence-electron chi connectivity index (χ0n) is 9.03. The van der Waals surface area contributed by atoms with E-state index < -0.39 is 16.8 Å². The summed E-state index contributed by atoms with van der Waals surface area (Å²) in [5.41, 5.74) is -0.117. The van der Waals surface area contributed by atoms with Gasteiger partial charge in [-0.15, -0.1) is 0 Å². The van der Waals surface area contributed by atoms with Crippen LogP contribution in [0.3, 0.4) is 0 Å². The maximum absolute atomic E-state index is 11.7. The molecule has 1 saturated carbocycles. The molecule has 1 rings (SSSR count). The average Bonchev–Trinajstić information content (AvgIpc) is 2.83. The molecule has 0 heterocycles. The van der Waals surface area contributed by atoms with Gasteiger partial charge >= 0.3 is 5.97 Å². The van der Waals surface area contributed by atoms with Crippen LogP contribution in [0, 0.1) is 5.41 Å². The lowest BCUT2D eigenvalue weighted by Gasteiger charge is -2.11. The van der Waals surface area contributed by atoms with Gasteiger partial charge in [0.15, 0.2) is 0 Å². The largest absolute Gasteiger partial charge is 0.481 e. The number of hydrogen-bond donors (Lipinski definition) is 1. The zero-order chi connectivity index (χ0) is 11.3. The second-order valence-electron chi connectivity index (χ2n) is 4.06. The Labute approximate surface area is 97.5 Å². The highest BCUT2D eigenvalue weighted by molar-refractivity contribution is 8.00. The third kappa shape index (κ3) is 5.02. The molecule has 1 atom stereocenters. The van der Waals surface area contributed by atoms with E-state index in [1.165, 1.54) is 0 Å². The highest BCUT2D eigenvalue weighted by atomic mass is 32.2. The molecular formula is C10H18O3S2. The molecule has 5 heteroatoms. The van der Waals surface area contributed by atoms with Crippen molar-refractivity contribution in [1.29, 1.82) is 0 Å². The molecule has 0 spiro atoms. The molecule has 3 nitrogen and oxygen atoms in total. The Balaban J connectivity index is 2.22. The van der Waals surface area contributed by atoms with Gasteiger partial charge < -0.3 is 5.11 Å². The Morgan fingerprint density at radius 2 is 2.20 bits per heavy atom. The van der Waals surface area contributed by atoms with E-state index in [1.807, 2.05) is 0 Å². The Kier molecular flexibility index (Phi) is 5.12. The van der Waals surface area contributed by atoms with Crippen molar-refractivity contribution in [2.45, 2.75) is 26.2 Å². The number of thioether (sulfide) groups is 1. The smallest absolute Gasteiger partial charge is 0.303 e. The van der Waals surface area contributed by atoms with Crippen LogP contribution in [-0.4, -0.2) is 38.3 Å². The van der Waals surface area contributed by atoms with Crippen LogP contribution in [0.15, 0.2) is 0 Å². The van der Waals surface area contributed by atoms with Crippen LogP contribution in [0.5, 0.6) is 0 Å². The fourth-order valence-corrected chi connectivity index (χ4v) is 4.30. The van der Waals surface area contributed by atoms with Crippen LogP contribution in [0.2, 0.25) is 0 Å². The van der Waals surface area contributed by atoms with Gasteiger partial charge in [-0.2, -0.15) is 11.8 Å². The van der Waals surface area contributed by atoms with Gasteiger partial charge in [0, 0.05) is 28.1 Å². The van der Waals surface area contributed by atoms with E-state index in [9.17, 15) is 9.00 Å². The number of aliphatic carboxylic acids is 1. The summed E-state index contributed by atoms with van der Waals surface area (Å²) in [6.07, 6.45) is 2.07. The van der Waals surface area contributed by atoms with Crippen molar-refractivity contribution in [2.75, 3.05) is 23.0 Å². The molecule has 88 valence electrons. The Morgan fingerprint density at radius 1 is 1.53 bits per heavy atom. The lowest BCUT2D eigenvalue weighted by Crippen LogP contribution is -2.18.